The van der Waals surface area contributed by atoms with Gasteiger partial charge in [0.2, 0.25) is 0 Å². The lowest BCUT2D eigenvalue weighted by atomic mass is 10.0. The molecule has 0 saturated heterocycles. The fourth-order valence-corrected chi connectivity index (χ4v) is 2.34. The molecule has 2 nitrogen and oxygen atoms in total. The summed E-state index contributed by atoms with van der Waals surface area (Å²) >= 11 is 12.3. The van der Waals surface area contributed by atoms with Crippen LogP contribution < -0.4 is 10.1 Å². The molecule has 0 fully saturated rings. The van der Waals surface area contributed by atoms with Crippen LogP contribution in [0.15, 0.2) is 36.4 Å². The Kier molecular flexibility index (Phi) is 4.70. The Hall–Kier alpha value is -1.22. The first-order chi connectivity index (χ1) is 9.15. The number of ether oxygens (including phenoxy) is 1. The third kappa shape index (κ3) is 3.21. The Morgan fingerprint density at radius 1 is 1.00 bits per heavy atom. The number of methoxy groups -OCH3 is 1. The first kappa shape index (κ1) is 14.2. The third-order valence-electron chi connectivity index (χ3n) is 2.90. The average molecular weight is 296 g/mol. The Morgan fingerprint density at radius 3 is 2.32 bits per heavy atom. The maximum absolute atomic E-state index is 6.27. The summed E-state index contributed by atoms with van der Waals surface area (Å²) in [6, 6.07) is 11.7. The van der Waals surface area contributed by atoms with Crippen molar-refractivity contribution in [2.75, 3.05) is 14.2 Å². The van der Waals surface area contributed by atoms with Crippen LogP contribution in [0.5, 0.6) is 5.75 Å². The molecule has 0 aliphatic heterocycles. The SMILES string of the molecule is CNCc1ccc(-c2ccc(Cl)c(OC)c2)cc1Cl. The van der Waals surface area contributed by atoms with E-state index in [1.165, 1.54) is 0 Å². The molecule has 0 radical (unpaired) electrons. The number of halogens is 2. The fourth-order valence-electron chi connectivity index (χ4n) is 1.90. The van der Waals surface area contributed by atoms with Gasteiger partial charge in [-0.3, -0.25) is 0 Å². The van der Waals surface area contributed by atoms with Crippen LogP contribution in [0, 0.1) is 0 Å². The van der Waals surface area contributed by atoms with Gasteiger partial charge in [0.15, 0.2) is 0 Å². The summed E-state index contributed by atoms with van der Waals surface area (Å²) in [5, 5.41) is 4.44. The molecule has 0 spiro atoms. The number of hydrogen-bond donors (Lipinski definition) is 1. The minimum Gasteiger partial charge on any atom is -0.495 e. The van der Waals surface area contributed by atoms with Crippen LogP contribution in [0.3, 0.4) is 0 Å². The van der Waals surface area contributed by atoms with Crippen LogP contribution in [0.4, 0.5) is 0 Å². The van der Waals surface area contributed by atoms with Crippen molar-refractivity contribution >= 4 is 23.2 Å². The maximum Gasteiger partial charge on any atom is 0.138 e. The molecule has 19 heavy (non-hydrogen) atoms. The summed E-state index contributed by atoms with van der Waals surface area (Å²) in [6.45, 7) is 0.753. The highest BCUT2D eigenvalue weighted by molar-refractivity contribution is 6.32. The van der Waals surface area contributed by atoms with Crippen molar-refractivity contribution in [1.82, 2.24) is 5.32 Å². The van der Waals surface area contributed by atoms with E-state index in [4.69, 9.17) is 27.9 Å². The van der Waals surface area contributed by atoms with Gasteiger partial charge in [-0.2, -0.15) is 0 Å². The van der Waals surface area contributed by atoms with Crippen molar-refractivity contribution < 1.29 is 4.74 Å². The van der Waals surface area contributed by atoms with Gasteiger partial charge in [-0.05, 0) is 41.9 Å². The van der Waals surface area contributed by atoms with E-state index >= 15 is 0 Å². The maximum atomic E-state index is 6.27. The fraction of sp³-hybridized carbons (Fsp3) is 0.200. The Labute approximate surface area is 123 Å². The second-order valence-electron chi connectivity index (χ2n) is 4.19. The van der Waals surface area contributed by atoms with Crippen molar-refractivity contribution in [2.24, 2.45) is 0 Å². The zero-order valence-electron chi connectivity index (χ0n) is 10.8. The van der Waals surface area contributed by atoms with Crippen LogP contribution in [-0.4, -0.2) is 14.2 Å². The van der Waals surface area contributed by atoms with Gasteiger partial charge in [0.05, 0.1) is 12.1 Å². The van der Waals surface area contributed by atoms with E-state index in [9.17, 15) is 0 Å². The highest BCUT2D eigenvalue weighted by Crippen LogP contribution is 2.32. The van der Waals surface area contributed by atoms with E-state index in [1.54, 1.807) is 7.11 Å². The van der Waals surface area contributed by atoms with Gasteiger partial charge in [0.25, 0.3) is 0 Å². The molecule has 0 aromatic heterocycles. The van der Waals surface area contributed by atoms with E-state index in [-0.39, 0.29) is 0 Å². The van der Waals surface area contributed by atoms with Crippen LogP contribution in [0.1, 0.15) is 5.56 Å². The van der Waals surface area contributed by atoms with E-state index in [1.807, 2.05) is 43.4 Å². The first-order valence-corrected chi connectivity index (χ1v) is 6.68. The van der Waals surface area contributed by atoms with Crippen LogP contribution in [0.25, 0.3) is 11.1 Å². The Morgan fingerprint density at radius 2 is 1.68 bits per heavy atom. The number of rotatable bonds is 4. The molecule has 0 heterocycles. The largest absolute Gasteiger partial charge is 0.495 e. The lowest BCUT2D eigenvalue weighted by molar-refractivity contribution is 0.415. The first-order valence-electron chi connectivity index (χ1n) is 5.92. The summed E-state index contributed by atoms with van der Waals surface area (Å²) < 4.78 is 5.22. The van der Waals surface area contributed by atoms with Crippen molar-refractivity contribution in [3.8, 4) is 16.9 Å². The molecule has 0 unspecified atom stereocenters. The molecule has 0 aliphatic rings. The third-order valence-corrected chi connectivity index (χ3v) is 3.57. The van der Waals surface area contributed by atoms with Crippen molar-refractivity contribution in [3.63, 3.8) is 0 Å². The highest BCUT2D eigenvalue weighted by atomic mass is 35.5. The minimum atomic E-state index is 0.601. The lowest BCUT2D eigenvalue weighted by Crippen LogP contribution is -2.05. The van der Waals surface area contributed by atoms with Gasteiger partial charge in [-0.15, -0.1) is 0 Å². The summed E-state index contributed by atoms with van der Waals surface area (Å²) in [6.07, 6.45) is 0. The van der Waals surface area contributed by atoms with E-state index in [0.29, 0.717) is 10.8 Å². The zero-order valence-corrected chi connectivity index (χ0v) is 12.3. The van der Waals surface area contributed by atoms with Gasteiger partial charge in [-0.25, -0.2) is 0 Å². The number of benzene rings is 2. The molecule has 0 saturated carbocycles. The lowest BCUT2D eigenvalue weighted by Gasteiger charge is -2.09. The molecule has 2 rings (SSSR count). The quantitative estimate of drug-likeness (QED) is 0.903. The van der Waals surface area contributed by atoms with Gasteiger partial charge in [-0.1, -0.05) is 41.4 Å². The average Bonchev–Trinajstić information content (AvgIpc) is 2.42. The molecular formula is C15H15Cl2NO. The smallest absolute Gasteiger partial charge is 0.138 e. The number of hydrogen-bond acceptors (Lipinski definition) is 2. The summed E-state index contributed by atoms with van der Waals surface area (Å²) in [4.78, 5) is 0. The molecule has 2 aromatic carbocycles. The normalized spacial score (nSPS) is 10.5. The number of nitrogens with one attached hydrogen (secondary N) is 1. The van der Waals surface area contributed by atoms with Crippen molar-refractivity contribution in [2.45, 2.75) is 6.54 Å². The van der Waals surface area contributed by atoms with E-state index in [0.717, 1.165) is 28.3 Å². The Bertz CT molecular complexity index is 584. The summed E-state index contributed by atoms with van der Waals surface area (Å²) in [7, 11) is 3.50. The monoisotopic (exact) mass is 295 g/mol. The predicted octanol–water partition coefficient (Wildman–Crippen LogP) is 4.39. The van der Waals surface area contributed by atoms with Crippen molar-refractivity contribution in [1.29, 1.82) is 0 Å². The van der Waals surface area contributed by atoms with Crippen LogP contribution >= 0.6 is 23.2 Å². The Balaban J connectivity index is 2.39. The molecule has 0 bridgehead atoms. The van der Waals surface area contributed by atoms with Gasteiger partial charge < -0.3 is 10.1 Å². The predicted molar refractivity (Wildman–Crippen MR) is 81.2 cm³/mol. The van der Waals surface area contributed by atoms with E-state index in [2.05, 4.69) is 5.32 Å². The van der Waals surface area contributed by atoms with Gasteiger partial charge in [0.1, 0.15) is 5.75 Å². The molecule has 1 N–H and O–H groups in total. The van der Waals surface area contributed by atoms with Crippen molar-refractivity contribution in [3.05, 3.63) is 52.0 Å². The molecule has 0 atom stereocenters. The molecule has 2 aromatic rings. The van der Waals surface area contributed by atoms with Crippen LogP contribution in [-0.2, 0) is 6.54 Å². The molecule has 4 heteroatoms. The molecular weight excluding hydrogens is 281 g/mol. The standard InChI is InChI=1S/C15H15Cl2NO/c1-18-9-12-4-3-10(7-14(12)17)11-5-6-13(16)15(8-11)19-2/h3-8,18H,9H2,1-2H3. The second kappa shape index (κ2) is 6.29. The molecule has 0 aliphatic carbocycles. The van der Waals surface area contributed by atoms with Gasteiger partial charge in [0, 0.05) is 11.6 Å². The second-order valence-corrected chi connectivity index (χ2v) is 5.00. The van der Waals surface area contributed by atoms with Gasteiger partial charge >= 0.3 is 0 Å². The minimum absolute atomic E-state index is 0.601. The highest BCUT2D eigenvalue weighted by Gasteiger charge is 2.06. The zero-order chi connectivity index (χ0) is 13.8. The van der Waals surface area contributed by atoms with E-state index < -0.39 is 0 Å². The molecule has 100 valence electrons. The topological polar surface area (TPSA) is 21.3 Å². The van der Waals surface area contributed by atoms with Crippen LogP contribution in [0.2, 0.25) is 10.0 Å². The summed E-state index contributed by atoms with van der Waals surface area (Å²) in [5.74, 6) is 0.662. The summed E-state index contributed by atoms with van der Waals surface area (Å²) in [5.41, 5.74) is 3.15. The molecule has 0 amide bonds.